The zero-order chi connectivity index (χ0) is 18.6. The van der Waals surface area contributed by atoms with E-state index in [-0.39, 0.29) is 35.9 Å². The molecular formula is C17H24N2O5S. The molecule has 0 radical (unpaired) electrons. The second-order valence-corrected chi connectivity index (χ2v) is 8.32. The van der Waals surface area contributed by atoms with Crippen molar-refractivity contribution in [1.29, 1.82) is 0 Å². The van der Waals surface area contributed by atoms with E-state index in [1.807, 2.05) is 6.92 Å². The summed E-state index contributed by atoms with van der Waals surface area (Å²) < 4.78 is 28.6. The molecule has 1 atom stereocenters. The number of likely N-dealkylation sites (N-methyl/N-ethyl adjacent to an activating group) is 1. The molecule has 0 saturated carbocycles. The molecule has 0 aromatic heterocycles. The third-order valence-electron chi connectivity index (χ3n) is 4.28. The van der Waals surface area contributed by atoms with Gasteiger partial charge in [0.1, 0.15) is 12.3 Å². The molecule has 0 aliphatic carbocycles. The van der Waals surface area contributed by atoms with Gasteiger partial charge in [0.05, 0.1) is 18.1 Å². The maximum Gasteiger partial charge on any atom is 0.242 e. The van der Waals surface area contributed by atoms with Gasteiger partial charge in [-0.05, 0) is 37.6 Å². The lowest BCUT2D eigenvalue weighted by Crippen LogP contribution is -2.45. The molecule has 7 nitrogen and oxygen atoms in total. The lowest BCUT2D eigenvalue weighted by molar-refractivity contribution is -0.131. The lowest BCUT2D eigenvalue weighted by Gasteiger charge is -2.27. The first kappa shape index (κ1) is 19.2. The van der Waals surface area contributed by atoms with E-state index < -0.39 is 9.84 Å². The smallest absolute Gasteiger partial charge is 0.242 e. The van der Waals surface area contributed by atoms with Crippen molar-refractivity contribution in [3.63, 3.8) is 0 Å². The summed E-state index contributed by atoms with van der Waals surface area (Å²) in [5.41, 5.74) is 0.594. The standard InChI is InChI=1S/C17H24N2O5S/c1-4-24-16-7-5-14(6-8-16)19(13(2)20)11-17(21)18(3)15-9-10-25(22,23)12-15/h5-8,15H,4,9-12H2,1-3H3. The summed E-state index contributed by atoms with van der Waals surface area (Å²) in [6.07, 6.45) is 0.438. The Hall–Kier alpha value is -2.09. The molecule has 8 heteroatoms. The Balaban J connectivity index is 2.08. The van der Waals surface area contributed by atoms with E-state index in [4.69, 9.17) is 4.74 Å². The second kappa shape index (κ2) is 7.86. The molecule has 1 heterocycles. The van der Waals surface area contributed by atoms with Crippen LogP contribution in [0.15, 0.2) is 24.3 Å². The van der Waals surface area contributed by atoms with Crippen molar-refractivity contribution in [1.82, 2.24) is 4.90 Å². The van der Waals surface area contributed by atoms with Crippen LogP contribution in [-0.2, 0) is 19.4 Å². The van der Waals surface area contributed by atoms with Gasteiger partial charge in [-0.25, -0.2) is 8.42 Å². The molecule has 1 aliphatic rings. The van der Waals surface area contributed by atoms with Crippen molar-refractivity contribution in [3.8, 4) is 5.75 Å². The Labute approximate surface area is 148 Å². The van der Waals surface area contributed by atoms with Gasteiger partial charge in [-0.3, -0.25) is 9.59 Å². The maximum atomic E-state index is 12.5. The van der Waals surface area contributed by atoms with E-state index in [0.717, 1.165) is 0 Å². The van der Waals surface area contributed by atoms with Crippen LogP contribution in [0, 0.1) is 0 Å². The molecule has 1 unspecified atom stereocenters. The lowest BCUT2D eigenvalue weighted by atomic mass is 10.2. The minimum absolute atomic E-state index is 0.0155. The predicted octanol–water partition coefficient (Wildman–Crippen LogP) is 1.08. The zero-order valence-electron chi connectivity index (χ0n) is 14.8. The molecule has 0 spiro atoms. The summed E-state index contributed by atoms with van der Waals surface area (Å²) in [6.45, 7) is 3.69. The van der Waals surface area contributed by atoms with Crippen molar-refractivity contribution >= 4 is 27.3 Å². The second-order valence-electron chi connectivity index (χ2n) is 6.09. The molecule has 2 amide bonds. The summed E-state index contributed by atoms with van der Waals surface area (Å²) >= 11 is 0. The third kappa shape index (κ3) is 4.94. The molecule has 1 aromatic rings. The van der Waals surface area contributed by atoms with Gasteiger partial charge >= 0.3 is 0 Å². The van der Waals surface area contributed by atoms with Crippen LogP contribution >= 0.6 is 0 Å². The number of hydrogen-bond donors (Lipinski definition) is 0. The Kier molecular flexibility index (Phi) is 6.05. The van der Waals surface area contributed by atoms with E-state index in [2.05, 4.69) is 0 Å². The van der Waals surface area contributed by atoms with E-state index in [1.165, 1.54) is 16.7 Å². The molecule has 2 rings (SSSR count). The van der Waals surface area contributed by atoms with Crippen LogP contribution < -0.4 is 9.64 Å². The number of nitrogens with zero attached hydrogens (tertiary/aromatic N) is 2. The average Bonchev–Trinajstić information content (AvgIpc) is 2.92. The monoisotopic (exact) mass is 368 g/mol. The third-order valence-corrected chi connectivity index (χ3v) is 6.03. The van der Waals surface area contributed by atoms with Gasteiger partial charge in [0.2, 0.25) is 11.8 Å². The Bertz CT molecular complexity index is 730. The van der Waals surface area contributed by atoms with Crippen LogP contribution in [-0.4, -0.2) is 62.9 Å². The number of anilines is 1. The van der Waals surface area contributed by atoms with Crippen molar-refractivity contribution in [2.75, 3.05) is 36.6 Å². The minimum Gasteiger partial charge on any atom is -0.494 e. The Morgan fingerprint density at radius 2 is 1.88 bits per heavy atom. The Morgan fingerprint density at radius 1 is 1.24 bits per heavy atom. The zero-order valence-corrected chi connectivity index (χ0v) is 15.6. The van der Waals surface area contributed by atoms with E-state index in [0.29, 0.717) is 24.5 Å². The average molecular weight is 368 g/mol. The van der Waals surface area contributed by atoms with Crippen molar-refractivity contribution in [3.05, 3.63) is 24.3 Å². The highest BCUT2D eigenvalue weighted by molar-refractivity contribution is 7.91. The number of hydrogen-bond acceptors (Lipinski definition) is 5. The number of sulfone groups is 1. The van der Waals surface area contributed by atoms with E-state index in [1.54, 1.807) is 31.3 Å². The van der Waals surface area contributed by atoms with Gasteiger partial charge in [0, 0.05) is 25.7 Å². The summed E-state index contributed by atoms with van der Waals surface area (Å²) in [6, 6.07) is 6.60. The molecule has 138 valence electrons. The van der Waals surface area contributed by atoms with Gasteiger partial charge in [-0.15, -0.1) is 0 Å². The molecule has 0 N–H and O–H groups in total. The summed E-state index contributed by atoms with van der Waals surface area (Å²) in [5.74, 6) is 0.230. The largest absolute Gasteiger partial charge is 0.494 e. The minimum atomic E-state index is -3.07. The summed E-state index contributed by atoms with van der Waals surface area (Å²) in [5, 5.41) is 0. The highest BCUT2D eigenvalue weighted by Crippen LogP contribution is 2.21. The van der Waals surface area contributed by atoms with Gasteiger partial charge in [-0.1, -0.05) is 0 Å². The van der Waals surface area contributed by atoms with Crippen LogP contribution in [0.3, 0.4) is 0 Å². The first-order chi connectivity index (χ1) is 11.7. The number of carbonyl (C=O) groups is 2. The summed E-state index contributed by atoms with van der Waals surface area (Å²) in [7, 11) is -1.48. The van der Waals surface area contributed by atoms with E-state index in [9.17, 15) is 18.0 Å². The van der Waals surface area contributed by atoms with Crippen molar-refractivity contribution in [2.24, 2.45) is 0 Å². The van der Waals surface area contributed by atoms with Crippen LogP contribution in [0.5, 0.6) is 5.75 Å². The first-order valence-electron chi connectivity index (χ1n) is 8.20. The number of benzene rings is 1. The Morgan fingerprint density at radius 3 is 2.36 bits per heavy atom. The molecule has 1 fully saturated rings. The molecule has 25 heavy (non-hydrogen) atoms. The fourth-order valence-corrected chi connectivity index (χ4v) is 4.58. The van der Waals surface area contributed by atoms with E-state index >= 15 is 0 Å². The topological polar surface area (TPSA) is 84.0 Å². The molecular weight excluding hydrogens is 344 g/mol. The van der Waals surface area contributed by atoms with Gasteiger partial charge in [-0.2, -0.15) is 0 Å². The van der Waals surface area contributed by atoms with Crippen molar-refractivity contribution in [2.45, 2.75) is 26.3 Å². The first-order valence-corrected chi connectivity index (χ1v) is 10.0. The number of amides is 2. The molecule has 1 aromatic carbocycles. The van der Waals surface area contributed by atoms with Crippen molar-refractivity contribution < 1.29 is 22.7 Å². The number of ether oxygens (including phenoxy) is 1. The van der Waals surface area contributed by atoms with Crippen LogP contribution in [0.1, 0.15) is 20.3 Å². The van der Waals surface area contributed by atoms with Crippen LogP contribution in [0.4, 0.5) is 5.69 Å². The highest BCUT2D eigenvalue weighted by atomic mass is 32.2. The van der Waals surface area contributed by atoms with Gasteiger partial charge in [0.15, 0.2) is 9.84 Å². The number of rotatable bonds is 6. The van der Waals surface area contributed by atoms with Gasteiger partial charge in [0.25, 0.3) is 0 Å². The quantitative estimate of drug-likeness (QED) is 0.750. The normalized spacial score (nSPS) is 18.6. The fourth-order valence-electron chi connectivity index (χ4n) is 2.80. The van der Waals surface area contributed by atoms with Gasteiger partial charge < -0.3 is 14.5 Å². The molecule has 0 bridgehead atoms. The fraction of sp³-hybridized carbons (Fsp3) is 0.529. The summed E-state index contributed by atoms with van der Waals surface area (Å²) in [4.78, 5) is 27.3. The highest BCUT2D eigenvalue weighted by Gasteiger charge is 2.33. The number of carbonyl (C=O) groups excluding carboxylic acids is 2. The van der Waals surface area contributed by atoms with Crippen LogP contribution in [0.25, 0.3) is 0 Å². The van der Waals surface area contributed by atoms with Crippen LogP contribution in [0.2, 0.25) is 0 Å². The molecule has 1 aliphatic heterocycles. The molecule has 1 saturated heterocycles. The maximum absolute atomic E-state index is 12.5. The predicted molar refractivity (Wildman–Crippen MR) is 95.5 cm³/mol. The SMILES string of the molecule is CCOc1ccc(N(CC(=O)N(C)C2CCS(=O)(=O)C2)C(C)=O)cc1.